The Bertz CT molecular complexity index is 461. The van der Waals surface area contributed by atoms with Crippen LogP contribution in [-0.4, -0.2) is 16.6 Å². The lowest BCUT2D eigenvalue weighted by atomic mass is 10.2. The number of halogens is 1. The van der Waals surface area contributed by atoms with Gasteiger partial charge in [-0.3, -0.25) is 4.98 Å². The molecule has 2 aromatic heterocycles. The highest BCUT2D eigenvalue weighted by Crippen LogP contribution is 2.16. The van der Waals surface area contributed by atoms with Crippen LogP contribution in [0.5, 0.6) is 0 Å². The molecule has 3 nitrogen and oxygen atoms in total. The highest BCUT2D eigenvalue weighted by molar-refractivity contribution is 7.07. The second-order valence-corrected chi connectivity index (χ2v) is 4.86. The Morgan fingerprint density at radius 1 is 1.47 bits per heavy atom. The van der Waals surface area contributed by atoms with Gasteiger partial charge in [0.1, 0.15) is 0 Å². The van der Waals surface area contributed by atoms with Crippen molar-refractivity contribution < 1.29 is 5.11 Å². The van der Waals surface area contributed by atoms with Gasteiger partial charge in [0.05, 0.1) is 11.1 Å². The van der Waals surface area contributed by atoms with E-state index in [9.17, 15) is 5.11 Å². The smallest absolute Gasteiger partial charge is 0.0922 e. The van der Waals surface area contributed by atoms with Gasteiger partial charge in [0.15, 0.2) is 0 Å². The molecule has 1 unspecified atom stereocenters. The summed E-state index contributed by atoms with van der Waals surface area (Å²) in [5, 5.41) is 17.6. The van der Waals surface area contributed by atoms with Crippen LogP contribution in [0.25, 0.3) is 0 Å². The number of nitrogens with zero attached hydrogens (tertiary/aromatic N) is 1. The first-order valence-corrected chi connectivity index (χ1v) is 6.58. The molecule has 0 aliphatic carbocycles. The van der Waals surface area contributed by atoms with Crippen LogP contribution in [0.2, 0.25) is 5.02 Å². The van der Waals surface area contributed by atoms with E-state index >= 15 is 0 Å². The zero-order chi connectivity index (χ0) is 12.1. The largest absolute Gasteiger partial charge is 0.387 e. The SMILES string of the molecule is OC(CNCc1ccncc1Cl)c1ccsc1. The van der Waals surface area contributed by atoms with Crippen molar-refractivity contribution in [3.8, 4) is 0 Å². The van der Waals surface area contributed by atoms with Crippen LogP contribution in [0.15, 0.2) is 35.3 Å². The van der Waals surface area contributed by atoms with Crippen molar-refractivity contribution in [2.75, 3.05) is 6.54 Å². The van der Waals surface area contributed by atoms with Gasteiger partial charge in [-0.2, -0.15) is 11.3 Å². The molecule has 2 aromatic rings. The van der Waals surface area contributed by atoms with E-state index in [1.165, 1.54) is 0 Å². The summed E-state index contributed by atoms with van der Waals surface area (Å²) in [6.45, 7) is 1.14. The van der Waals surface area contributed by atoms with Crippen molar-refractivity contribution in [2.24, 2.45) is 0 Å². The number of rotatable bonds is 5. The van der Waals surface area contributed by atoms with Gasteiger partial charge in [-0.1, -0.05) is 11.6 Å². The summed E-state index contributed by atoms with van der Waals surface area (Å²) in [5.41, 5.74) is 1.93. The zero-order valence-electron chi connectivity index (χ0n) is 9.14. The third kappa shape index (κ3) is 3.51. The van der Waals surface area contributed by atoms with Gasteiger partial charge in [0, 0.05) is 25.5 Å². The number of hydrogen-bond acceptors (Lipinski definition) is 4. The molecule has 5 heteroatoms. The second-order valence-electron chi connectivity index (χ2n) is 3.67. The van der Waals surface area contributed by atoms with E-state index in [1.807, 2.05) is 22.9 Å². The summed E-state index contributed by atoms with van der Waals surface area (Å²) in [7, 11) is 0. The molecule has 0 amide bonds. The number of aromatic nitrogens is 1. The van der Waals surface area contributed by atoms with Gasteiger partial charge in [-0.25, -0.2) is 0 Å². The van der Waals surface area contributed by atoms with Crippen molar-refractivity contribution >= 4 is 22.9 Å². The highest BCUT2D eigenvalue weighted by atomic mass is 35.5. The Morgan fingerprint density at radius 3 is 3.06 bits per heavy atom. The lowest BCUT2D eigenvalue weighted by Crippen LogP contribution is -2.20. The molecule has 1 atom stereocenters. The molecule has 0 bridgehead atoms. The predicted molar refractivity (Wildman–Crippen MR) is 70.2 cm³/mol. The van der Waals surface area contributed by atoms with Crippen molar-refractivity contribution in [2.45, 2.75) is 12.6 Å². The molecule has 0 saturated heterocycles. The van der Waals surface area contributed by atoms with E-state index in [4.69, 9.17) is 11.6 Å². The molecule has 2 N–H and O–H groups in total. The summed E-state index contributed by atoms with van der Waals surface area (Å²) in [5.74, 6) is 0. The molecule has 0 fully saturated rings. The Labute approximate surface area is 109 Å². The average Bonchev–Trinajstić information content (AvgIpc) is 2.85. The Balaban J connectivity index is 1.82. The molecule has 0 radical (unpaired) electrons. The van der Waals surface area contributed by atoms with Crippen molar-refractivity contribution in [3.63, 3.8) is 0 Å². The van der Waals surface area contributed by atoms with Gasteiger partial charge in [0.25, 0.3) is 0 Å². The number of thiophene rings is 1. The van der Waals surface area contributed by atoms with Crippen molar-refractivity contribution in [1.29, 1.82) is 0 Å². The maximum absolute atomic E-state index is 9.86. The fraction of sp³-hybridized carbons (Fsp3) is 0.250. The van der Waals surface area contributed by atoms with Gasteiger partial charge >= 0.3 is 0 Å². The minimum absolute atomic E-state index is 0.470. The van der Waals surface area contributed by atoms with Crippen LogP contribution < -0.4 is 5.32 Å². The van der Waals surface area contributed by atoms with Crippen molar-refractivity contribution in [3.05, 3.63) is 51.4 Å². The first-order chi connectivity index (χ1) is 8.27. The lowest BCUT2D eigenvalue weighted by Gasteiger charge is -2.11. The topological polar surface area (TPSA) is 45.1 Å². The van der Waals surface area contributed by atoms with Gasteiger partial charge < -0.3 is 10.4 Å². The number of aliphatic hydroxyl groups excluding tert-OH is 1. The Morgan fingerprint density at radius 2 is 2.35 bits per heavy atom. The van der Waals surface area contributed by atoms with Crippen LogP contribution in [-0.2, 0) is 6.54 Å². The quantitative estimate of drug-likeness (QED) is 0.876. The van der Waals surface area contributed by atoms with Crippen LogP contribution >= 0.6 is 22.9 Å². The average molecular weight is 269 g/mol. The Kier molecular flexibility index (Phi) is 4.50. The molecule has 17 heavy (non-hydrogen) atoms. The molecule has 0 saturated carbocycles. The van der Waals surface area contributed by atoms with E-state index in [2.05, 4.69) is 10.3 Å². The summed E-state index contributed by atoms with van der Waals surface area (Å²) >= 11 is 7.56. The summed E-state index contributed by atoms with van der Waals surface area (Å²) in [6.07, 6.45) is 2.85. The molecule has 2 rings (SSSR count). The first kappa shape index (κ1) is 12.5. The van der Waals surface area contributed by atoms with E-state index in [0.29, 0.717) is 18.1 Å². The molecule has 90 valence electrons. The minimum Gasteiger partial charge on any atom is -0.387 e. The molecular weight excluding hydrogens is 256 g/mol. The third-order valence-electron chi connectivity index (χ3n) is 2.44. The highest BCUT2D eigenvalue weighted by Gasteiger charge is 2.07. The molecule has 0 spiro atoms. The molecular formula is C12H13ClN2OS. The molecule has 2 heterocycles. The molecule has 0 aliphatic rings. The van der Waals surface area contributed by atoms with Crippen LogP contribution in [0.3, 0.4) is 0 Å². The zero-order valence-corrected chi connectivity index (χ0v) is 10.7. The van der Waals surface area contributed by atoms with Crippen molar-refractivity contribution in [1.82, 2.24) is 10.3 Å². The van der Waals surface area contributed by atoms with E-state index < -0.39 is 6.10 Å². The summed E-state index contributed by atoms with van der Waals surface area (Å²) in [4.78, 5) is 3.92. The standard InChI is InChI=1S/C12H13ClN2OS/c13-11-6-14-3-1-9(11)5-15-7-12(16)10-2-4-17-8-10/h1-4,6,8,12,15-16H,5,7H2. The second kappa shape index (κ2) is 6.12. The third-order valence-corrected chi connectivity index (χ3v) is 3.48. The minimum atomic E-state index is -0.470. The lowest BCUT2D eigenvalue weighted by molar-refractivity contribution is 0.175. The normalized spacial score (nSPS) is 12.6. The first-order valence-electron chi connectivity index (χ1n) is 5.26. The molecule has 0 aliphatic heterocycles. The summed E-state index contributed by atoms with van der Waals surface area (Å²) in [6, 6.07) is 3.79. The number of nitrogens with one attached hydrogen (secondary N) is 1. The molecule has 0 aromatic carbocycles. The summed E-state index contributed by atoms with van der Waals surface area (Å²) < 4.78 is 0. The van der Waals surface area contributed by atoms with E-state index in [1.54, 1.807) is 23.7 Å². The van der Waals surface area contributed by atoms with E-state index in [0.717, 1.165) is 11.1 Å². The monoisotopic (exact) mass is 268 g/mol. The van der Waals surface area contributed by atoms with E-state index in [-0.39, 0.29) is 0 Å². The van der Waals surface area contributed by atoms with Crippen LogP contribution in [0.1, 0.15) is 17.2 Å². The van der Waals surface area contributed by atoms with Crippen LogP contribution in [0.4, 0.5) is 0 Å². The van der Waals surface area contributed by atoms with Gasteiger partial charge in [0.2, 0.25) is 0 Å². The van der Waals surface area contributed by atoms with Gasteiger partial charge in [-0.05, 0) is 34.0 Å². The number of aliphatic hydroxyl groups is 1. The maximum Gasteiger partial charge on any atom is 0.0922 e. The fourth-order valence-corrected chi connectivity index (χ4v) is 2.37. The number of pyridine rings is 1. The fourth-order valence-electron chi connectivity index (χ4n) is 1.47. The Hall–Kier alpha value is -0.940. The number of hydrogen-bond donors (Lipinski definition) is 2. The van der Waals surface area contributed by atoms with Crippen LogP contribution in [0, 0.1) is 0 Å². The predicted octanol–water partition coefficient (Wildman–Crippen LogP) is 2.62. The van der Waals surface area contributed by atoms with Gasteiger partial charge in [-0.15, -0.1) is 0 Å². The maximum atomic E-state index is 9.86.